The van der Waals surface area contributed by atoms with Crippen LogP contribution in [-0.4, -0.2) is 11.1 Å². The van der Waals surface area contributed by atoms with Gasteiger partial charge >= 0.3 is 6.09 Å². The Hall–Kier alpha value is -2.08. The van der Waals surface area contributed by atoms with Crippen LogP contribution >= 0.6 is 11.8 Å². The molecule has 0 saturated carbocycles. The third-order valence-electron chi connectivity index (χ3n) is 2.52. The molecule has 20 heavy (non-hydrogen) atoms. The Morgan fingerprint density at radius 2 is 2.10 bits per heavy atom. The van der Waals surface area contributed by atoms with Crippen LogP contribution in [0, 0.1) is 12.7 Å². The second-order valence-corrected chi connectivity index (χ2v) is 5.02. The molecule has 6 heteroatoms. The van der Waals surface area contributed by atoms with E-state index in [9.17, 15) is 9.18 Å². The van der Waals surface area contributed by atoms with E-state index in [0.29, 0.717) is 11.4 Å². The molecule has 1 amide bonds. The predicted octanol–water partition coefficient (Wildman–Crippen LogP) is 3.28. The van der Waals surface area contributed by atoms with Crippen LogP contribution in [0.25, 0.3) is 0 Å². The van der Waals surface area contributed by atoms with E-state index in [1.54, 1.807) is 6.92 Å². The maximum absolute atomic E-state index is 13.9. The Kier molecular flexibility index (Phi) is 4.57. The molecular weight excluding hydrogens is 279 g/mol. The number of nitrogens with two attached hydrogens (primary N) is 1. The van der Waals surface area contributed by atoms with E-state index in [2.05, 4.69) is 9.72 Å². The van der Waals surface area contributed by atoms with E-state index in [1.165, 1.54) is 11.8 Å². The molecule has 0 aliphatic rings. The number of ether oxygens (including phenoxy) is 1. The monoisotopic (exact) mass is 292 g/mol. The Bertz CT molecular complexity index is 620. The van der Waals surface area contributed by atoms with Crippen LogP contribution in [0.3, 0.4) is 0 Å². The minimum Gasteiger partial charge on any atom is -0.408 e. The van der Waals surface area contributed by atoms with Crippen molar-refractivity contribution >= 4 is 17.9 Å². The summed E-state index contributed by atoms with van der Waals surface area (Å²) in [4.78, 5) is 14.8. The van der Waals surface area contributed by atoms with Crippen LogP contribution < -0.4 is 10.5 Å². The van der Waals surface area contributed by atoms with Gasteiger partial charge in [0.2, 0.25) is 0 Å². The third kappa shape index (κ3) is 3.71. The predicted molar refractivity (Wildman–Crippen MR) is 75.1 cm³/mol. The van der Waals surface area contributed by atoms with Gasteiger partial charge in [-0.05, 0) is 12.5 Å². The lowest BCUT2D eigenvalue weighted by atomic mass is 10.2. The zero-order valence-corrected chi connectivity index (χ0v) is 11.6. The maximum Gasteiger partial charge on any atom is 0.410 e. The summed E-state index contributed by atoms with van der Waals surface area (Å²) in [6.45, 7) is 1.63. The molecule has 1 aromatic heterocycles. The molecule has 2 rings (SSSR count). The molecule has 2 N–H and O–H groups in total. The van der Waals surface area contributed by atoms with Crippen molar-refractivity contribution in [2.75, 3.05) is 0 Å². The summed E-state index contributed by atoms with van der Waals surface area (Å²) in [5, 5.41) is 0.267. The molecule has 0 bridgehead atoms. The first-order valence-corrected chi connectivity index (χ1v) is 6.86. The SMILES string of the molecule is Cc1nc(SCc2ccccc2)c(F)cc1OC(N)=O. The van der Waals surface area contributed by atoms with Gasteiger partial charge in [0.15, 0.2) is 11.6 Å². The number of hydrogen-bond acceptors (Lipinski definition) is 4. The number of halogens is 1. The maximum atomic E-state index is 13.9. The average molecular weight is 292 g/mol. The van der Waals surface area contributed by atoms with Gasteiger partial charge in [0.25, 0.3) is 0 Å². The van der Waals surface area contributed by atoms with Gasteiger partial charge in [0.05, 0.1) is 5.69 Å². The molecule has 0 unspecified atom stereocenters. The molecule has 0 aliphatic carbocycles. The van der Waals surface area contributed by atoms with Crippen molar-refractivity contribution in [3.63, 3.8) is 0 Å². The van der Waals surface area contributed by atoms with Crippen molar-refractivity contribution in [2.24, 2.45) is 5.73 Å². The number of hydrogen-bond donors (Lipinski definition) is 1. The Morgan fingerprint density at radius 3 is 2.75 bits per heavy atom. The van der Waals surface area contributed by atoms with Gasteiger partial charge in [-0.3, -0.25) is 0 Å². The lowest BCUT2D eigenvalue weighted by Gasteiger charge is -2.08. The Labute approximate surface area is 120 Å². The van der Waals surface area contributed by atoms with E-state index in [1.807, 2.05) is 30.3 Å². The van der Waals surface area contributed by atoms with Crippen molar-refractivity contribution in [3.05, 3.63) is 53.5 Å². The highest BCUT2D eigenvalue weighted by Crippen LogP contribution is 2.28. The van der Waals surface area contributed by atoms with Gasteiger partial charge in [-0.2, -0.15) is 0 Å². The topological polar surface area (TPSA) is 65.2 Å². The fourth-order valence-corrected chi connectivity index (χ4v) is 2.48. The number of primary amides is 1. The van der Waals surface area contributed by atoms with Gasteiger partial charge in [0.1, 0.15) is 5.03 Å². The fraction of sp³-hybridized carbons (Fsp3) is 0.143. The normalized spacial score (nSPS) is 10.3. The van der Waals surface area contributed by atoms with Crippen LogP contribution in [0.15, 0.2) is 41.4 Å². The van der Waals surface area contributed by atoms with Crippen molar-refractivity contribution in [1.82, 2.24) is 4.98 Å². The molecular formula is C14H13FN2O2S. The summed E-state index contributed by atoms with van der Waals surface area (Å²) in [5.74, 6) is 0.118. The first-order valence-electron chi connectivity index (χ1n) is 5.87. The standard InChI is InChI=1S/C14H13FN2O2S/c1-9-12(19-14(16)18)7-11(15)13(17-9)20-8-10-5-3-2-4-6-10/h2-7H,8H2,1H3,(H2,16,18). The number of pyridine rings is 1. The minimum atomic E-state index is -0.987. The molecule has 1 heterocycles. The first kappa shape index (κ1) is 14.3. The highest BCUT2D eigenvalue weighted by molar-refractivity contribution is 7.98. The van der Waals surface area contributed by atoms with Crippen molar-refractivity contribution < 1.29 is 13.9 Å². The van der Waals surface area contributed by atoms with Gasteiger partial charge in [-0.15, -0.1) is 0 Å². The van der Waals surface area contributed by atoms with E-state index in [0.717, 1.165) is 11.6 Å². The number of benzene rings is 1. The summed E-state index contributed by atoms with van der Waals surface area (Å²) < 4.78 is 18.5. The highest BCUT2D eigenvalue weighted by atomic mass is 32.2. The summed E-state index contributed by atoms with van der Waals surface area (Å²) in [6, 6.07) is 10.8. The summed E-state index contributed by atoms with van der Waals surface area (Å²) in [6.07, 6.45) is -0.987. The molecule has 1 aromatic carbocycles. The van der Waals surface area contributed by atoms with Crippen LogP contribution in [-0.2, 0) is 5.75 Å². The quantitative estimate of drug-likeness (QED) is 0.878. The van der Waals surface area contributed by atoms with Gasteiger partial charge in [-0.25, -0.2) is 14.2 Å². The fourth-order valence-electron chi connectivity index (χ4n) is 1.58. The number of nitrogens with zero attached hydrogens (tertiary/aromatic N) is 1. The molecule has 4 nitrogen and oxygen atoms in total. The Balaban J connectivity index is 2.13. The van der Waals surface area contributed by atoms with Crippen molar-refractivity contribution in [3.8, 4) is 5.75 Å². The molecule has 0 atom stereocenters. The second-order valence-electron chi connectivity index (χ2n) is 4.05. The zero-order valence-electron chi connectivity index (χ0n) is 10.8. The number of aromatic nitrogens is 1. The zero-order chi connectivity index (χ0) is 14.5. The number of amides is 1. The Morgan fingerprint density at radius 1 is 1.40 bits per heavy atom. The number of carbonyl (C=O) groups excluding carboxylic acids is 1. The number of thioether (sulfide) groups is 1. The van der Waals surface area contributed by atoms with Crippen LogP contribution in [0.5, 0.6) is 5.75 Å². The summed E-state index contributed by atoms with van der Waals surface area (Å²) >= 11 is 1.28. The van der Waals surface area contributed by atoms with Crippen LogP contribution in [0.2, 0.25) is 0 Å². The molecule has 0 radical (unpaired) electrons. The smallest absolute Gasteiger partial charge is 0.408 e. The molecule has 0 fully saturated rings. The van der Waals surface area contributed by atoms with Crippen LogP contribution in [0.4, 0.5) is 9.18 Å². The lowest BCUT2D eigenvalue weighted by Crippen LogP contribution is -2.17. The van der Waals surface area contributed by atoms with E-state index in [-0.39, 0.29) is 10.8 Å². The second kappa shape index (κ2) is 6.38. The molecule has 0 aliphatic heterocycles. The highest BCUT2D eigenvalue weighted by Gasteiger charge is 2.12. The molecule has 104 valence electrons. The molecule has 0 saturated heterocycles. The number of aryl methyl sites for hydroxylation is 1. The van der Waals surface area contributed by atoms with E-state index in [4.69, 9.17) is 5.73 Å². The minimum absolute atomic E-state index is 0.0408. The van der Waals surface area contributed by atoms with Gasteiger partial charge in [0, 0.05) is 11.8 Å². The van der Waals surface area contributed by atoms with Gasteiger partial charge < -0.3 is 10.5 Å². The number of rotatable bonds is 4. The summed E-state index contributed by atoms with van der Waals surface area (Å²) in [5.41, 5.74) is 6.39. The van der Waals surface area contributed by atoms with Crippen molar-refractivity contribution in [1.29, 1.82) is 0 Å². The number of carbonyl (C=O) groups is 1. The van der Waals surface area contributed by atoms with E-state index >= 15 is 0 Å². The third-order valence-corrected chi connectivity index (χ3v) is 3.55. The average Bonchev–Trinajstić information content (AvgIpc) is 2.41. The van der Waals surface area contributed by atoms with Gasteiger partial charge in [-0.1, -0.05) is 42.1 Å². The first-order chi connectivity index (χ1) is 9.56. The molecule has 0 spiro atoms. The van der Waals surface area contributed by atoms with E-state index < -0.39 is 11.9 Å². The largest absolute Gasteiger partial charge is 0.410 e. The molecule has 2 aromatic rings. The lowest BCUT2D eigenvalue weighted by molar-refractivity contribution is 0.210. The summed E-state index contributed by atoms with van der Waals surface area (Å²) in [7, 11) is 0. The van der Waals surface area contributed by atoms with Crippen molar-refractivity contribution in [2.45, 2.75) is 17.7 Å². The van der Waals surface area contributed by atoms with Crippen LogP contribution in [0.1, 0.15) is 11.3 Å².